The molecule has 1 N–H and O–H groups in total. The molecule has 9 heteroatoms. The summed E-state index contributed by atoms with van der Waals surface area (Å²) in [6, 6.07) is 10.6. The molecule has 0 amide bonds. The van der Waals surface area contributed by atoms with E-state index in [9.17, 15) is 32.7 Å². The first-order valence-corrected chi connectivity index (χ1v) is 13.7. The number of rotatable bonds is 7. The van der Waals surface area contributed by atoms with E-state index in [-0.39, 0.29) is 52.0 Å². The fraction of sp³-hybridized carbons (Fsp3) is 0.273. The van der Waals surface area contributed by atoms with Crippen LogP contribution in [0.5, 0.6) is 0 Å². The number of hydrogen-bond donors (Lipinski definition) is 1. The number of hydrogen-bond acceptors (Lipinski definition) is 6. The molecule has 3 aromatic rings. The van der Waals surface area contributed by atoms with Gasteiger partial charge in [0, 0.05) is 28.5 Å². The number of halogens is 3. The van der Waals surface area contributed by atoms with Crippen LogP contribution in [-0.2, 0) is 9.53 Å². The van der Waals surface area contributed by atoms with Gasteiger partial charge in [-0.05, 0) is 60.9 Å². The lowest BCUT2D eigenvalue weighted by Crippen LogP contribution is -2.22. The number of benzene rings is 3. The second-order valence-corrected chi connectivity index (χ2v) is 10.6. The predicted molar refractivity (Wildman–Crippen MR) is 151 cm³/mol. The van der Waals surface area contributed by atoms with Gasteiger partial charge < -0.3 is 9.84 Å². The van der Waals surface area contributed by atoms with Gasteiger partial charge in [-0.25, -0.2) is 18.0 Å². The Morgan fingerprint density at radius 2 is 1.60 bits per heavy atom. The molecule has 2 aliphatic rings. The second-order valence-electron chi connectivity index (χ2n) is 10.6. The van der Waals surface area contributed by atoms with Gasteiger partial charge in [-0.3, -0.25) is 14.6 Å². The maximum atomic E-state index is 14.9. The molecule has 3 aromatic carbocycles. The molecule has 216 valence electrons. The van der Waals surface area contributed by atoms with Gasteiger partial charge in [0.25, 0.3) is 0 Å². The largest absolute Gasteiger partial charge is 0.506 e. The Kier molecular flexibility index (Phi) is 7.86. The fourth-order valence-corrected chi connectivity index (χ4v) is 5.22. The first kappa shape index (κ1) is 29.0. The Morgan fingerprint density at radius 3 is 2.14 bits per heavy atom. The van der Waals surface area contributed by atoms with Crippen LogP contribution in [0.2, 0.25) is 0 Å². The second kappa shape index (κ2) is 11.4. The van der Waals surface area contributed by atoms with Crippen LogP contribution in [0.4, 0.5) is 18.9 Å². The van der Waals surface area contributed by atoms with E-state index in [0.717, 1.165) is 31.5 Å². The summed E-state index contributed by atoms with van der Waals surface area (Å²) in [4.78, 5) is 43.9. The lowest BCUT2D eigenvalue weighted by molar-refractivity contribution is -0.137. The molecule has 0 unspecified atom stereocenters. The van der Waals surface area contributed by atoms with Crippen molar-refractivity contribution in [2.75, 3.05) is 6.61 Å². The highest BCUT2D eigenvalue weighted by molar-refractivity contribution is 6.28. The fourth-order valence-electron chi connectivity index (χ4n) is 5.22. The zero-order valence-electron chi connectivity index (χ0n) is 23.3. The van der Waals surface area contributed by atoms with Crippen LogP contribution in [0, 0.1) is 17.5 Å². The van der Waals surface area contributed by atoms with E-state index >= 15 is 0 Å². The van der Waals surface area contributed by atoms with Crippen LogP contribution in [0.3, 0.4) is 0 Å². The van der Waals surface area contributed by atoms with Crippen molar-refractivity contribution < 1.29 is 37.4 Å². The quantitative estimate of drug-likeness (QED) is 0.0810. The number of carbonyl (C=O) groups excluding carboxylic acids is 3. The van der Waals surface area contributed by atoms with E-state index < -0.39 is 46.2 Å². The highest BCUT2D eigenvalue weighted by Crippen LogP contribution is 2.43. The molecule has 42 heavy (non-hydrogen) atoms. The molecule has 0 heterocycles. The topological polar surface area (TPSA) is 93.0 Å². The van der Waals surface area contributed by atoms with E-state index in [2.05, 4.69) is 4.99 Å². The molecule has 1 saturated carbocycles. The normalized spacial score (nSPS) is 15.4. The summed E-state index contributed by atoms with van der Waals surface area (Å²) in [6.45, 7) is 4.56. The molecule has 0 aliphatic heterocycles. The molecular weight excluding hydrogens is 547 g/mol. The zero-order valence-corrected chi connectivity index (χ0v) is 23.3. The number of ether oxygens (including phenoxy) is 1. The molecule has 0 saturated heterocycles. The number of carbonyl (C=O) groups is 3. The minimum atomic E-state index is -1.78. The summed E-state index contributed by atoms with van der Waals surface area (Å²) >= 11 is 0. The standard InChI is InChI=1S/C33H28F3NO5/c1-4-42-33(41)25(32(40)24-12-20(16(2)3)27(34)29(36)28(24)35)15-37-26-14-23-22(13-21(26)17-8-7-9-17)30(38)18-10-5-6-11-19(18)31(23)39/h5-6,10-17,40H,4,7-9H2,1-3H3/b32-25-,37-15?. The van der Waals surface area contributed by atoms with E-state index in [4.69, 9.17) is 4.74 Å². The number of ketones is 2. The predicted octanol–water partition coefficient (Wildman–Crippen LogP) is 7.50. The molecular formula is C33H28F3NO5. The smallest absolute Gasteiger partial charge is 0.343 e. The summed E-state index contributed by atoms with van der Waals surface area (Å²) in [5.74, 6) is -8.05. The van der Waals surface area contributed by atoms with E-state index in [1.807, 2.05) is 0 Å². The van der Waals surface area contributed by atoms with Crippen molar-refractivity contribution in [3.05, 3.63) is 104 Å². The number of aliphatic hydroxyl groups excluding tert-OH is 1. The third-order valence-electron chi connectivity index (χ3n) is 7.75. The van der Waals surface area contributed by atoms with Crippen LogP contribution in [-0.4, -0.2) is 35.5 Å². The number of nitrogens with zero attached hydrogens (tertiary/aromatic N) is 1. The summed E-state index contributed by atoms with van der Waals surface area (Å²) in [7, 11) is 0. The molecule has 0 radical (unpaired) electrons. The van der Waals surface area contributed by atoms with Crippen LogP contribution in [0.1, 0.15) is 100 Å². The molecule has 0 aromatic heterocycles. The average Bonchev–Trinajstić information content (AvgIpc) is 2.94. The number of fused-ring (bicyclic) bond motifs is 2. The van der Waals surface area contributed by atoms with Crippen molar-refractivity contribution in [2.45, 2.75) is 51.9 Å². The van der Waals surface area contributed by atoms with Crippen molar-refractivity contribution in [2.24, 2.45) is 4.99 Å². The highest BCUT2D eigenvalue weighted by Gasteiger charge is 2.33. The van der Waals surface area contributed by atoms with Crippen LogP contribution < -0.4 is 0 Å². The van der Waals surface area contributed by atoms with Gasteiger partial charge in [0.15, 0.2) is 29.0 Å². The highest BCUT2D eigenvalue weighted by atomic mass is 19.2. The molecule has 0 bridgehead atoms. The molecule has 5 rings (SSSR count). The minimum Gasteiger partial charge on any atom is -0.506 e. The first-order valence-electron chi connectivity index (χ1n) is 13.7. The lowest BCUT2D eigenvalue weighted by atomic mass is 9.76. The SMILES string of the molecule is CCOC(=O)/C(C=Nc1cc2c(cc1C1CCC1)C(=O)c1ccccc1C2=O)=C(\O)c1cc(C(C)C)c(F)c(F)c1F. The first-order chi connectivity index (χ1) is 20.0. The molecule has 0 atom stereocenters. The maximum Gasteiger partial charge on any atom is 0.343 e. The Labute approximate surface area is 240 Å². The van der Waals surface area contributed by atoms with Gasteiger partial charge in [0.05, 0.1) is 17.9 Å². The van der Waals surface area contributed by atoms with Crippen molar-refractivity contribution in [1.82, 2.24) is 0 Å². The van der Waals surface area contributed by atoms with E-state index in [0.29, 0.717) is 11.1 Å². The third-order valence-corrected chi connectivity index (χ3v) is 7.75. The van der Waals surface area contributed by atoms with Crippen molar-refractivity contribution in [3.63, 3.8) is 0 Å². The Bertz CT molecular complexity index is 1700. The van der Waals surface area contributed by atoms with Crippen LogP contribution in [0.15, 0.2) is 53.0 Å². The lowest BCUT2D eigenvalue weighted by Gasteiger charge is -2.29. The van der Waals surface area contributed by atoms with Crippen molar-refractivity contribution in [1.29, 1.82) is 0 Å². The maximum absolute atomic E-state index is 14.9. The zero-order chi connectivity index (χ0) is 30.3. The Balaban J connectivity index is 1.67. The average molecular weight is 576 g/mol. The number of esters is 1. The van der Waals surface area contributed by atoms with Gasteiger partial charge >= 0.3 is 5.97 Å². The molecule has 6 nitrogen and oxygen atoms in total. The third kappa shape index (κ3) is 4.93. The summed E-state index contributed by atoms with van der Waals surface area (Å²) < 4.78 is 48.7. The van der Waals surface area contributed by atoms with Gasteiger partial charge in [-0.2, -0.15) is 0 Å². The summed E-state index contributed by atoms with van der Waals surface area (Å²) in [6.07, 6.45) is 3.56. The van der Waals surface area contributed by atoms with E-state index in [1.54, 1.807) is 44.2 Å². The molecule has 0 spiro atoms. The van der Waals surface area contributed by atoms with E-state index in [1.165, 1.54) is 13.0 Å². The van der Waals surface area contributed by atoms with Gasteiger partial charge in [0.1, 0.15) is 11.3 Å². The van der Waals surface area contributed by atoms with Crippen LogP contribution >= 0.6 is 0 Å². The van der Waals surface area contributed by atoms with Crippen LogP contribution in [0.25, 0.3) is 5.76 Å². The Hall–Kier alpha value is -4.53. The summed E-state index contributed by atoms with van der Waals surface area (Å²) in [5, 5.41) is 11.0. The van der Waals surface area contributed by atoms with Gasteiger partial charge in [-0.1, -0.05) is 44.5 Å². The number of aliphatic hydroxyl groups is 1. The van der Waals surface area contributed by atoms with Crippen molar-refractivity contribution in [3.8, 4) is 0 Å². The monoisotopic (exact) mass is 575 g/mol. The summed E-state index contributed by atoms with van der Waals surface area (Å²) in [5.41, 5.74) is 0.430. The number of aliphatic imine (C=N–C) groups is 1. The minimum absolute atomic E-state index is 0.0448. The van der Waals surface area contributed by atoms with Gasteiger partial charge in [0.2, 0.25) is 0 Å². The Morgan fingerprint density at radius 1 is 0.976 bits per heavy atom. The molecule has 1 fully saturated rings. The van der Waals surface area contributed by atoms with Crippen molar-refractivity contribution >= 4 is 35.2 Å². The van der Waals surface area contributed by atoms with Gasteiger partial charge in [-0.15, -0.1) is 0 Å². The molecule has 2 aliphatic carbocycles.